The van der Waals surface area contributed by atoms with E-state index in [9.17, 15) is 4.79 Å². The van der Waals surface area contributed by atoms with Gasteiger partial charge >= 0.3 is 6.09 Å². The van der Waals surface area contributed by atoms with Crippen LogP contribution in [0.15, 0.2) is 85.5 Å². The van der Waals surface area contributed by atoms with E-state index in [1.807, 2.05) is 81.3 Å². The number of pyridine rings is 1. The molecule has 37 heavy (non-hydrogen) atoms. The van der Waals surface area contributed by atoms with E-state index in [4.69, 9.17) is 9.72 Å². The Bertz CT molecular complexity index is 1510. The normalized spacial score (nSPS) is 12.4. The van der Waals surface area contributed by atoms with Gasteiger partial charge in [-0.05, 0) is 62.7 Å². The van der Waals surface area contributed by atoms with E-state index in [1.54, 1.807) is 6.20 Å². The van der Waals surface area contributed by atoms with Crippen LogP contribution in [-0.2, 0) is 18.2 Å². The molecule has 0 aliphatic heterocycles. The van der Waals surface area contributed by atoms with Gasteiger partial charge in [-0.1, -0.05) is 30.3 Å². The number of carbonyl (C=O) groups excluding carboxylic acids is 1. The first-order chi connectivity index (χ1) is 17.8. The van der Waals surface area contributed by atoms with Gasteiger partial charge in [0.25, 0.3) is 0 Å². The fraction of sp³-hybridized carbons (Fsp3) is 0.241. The molecule has 3 aromatic heterocycles. The van der Waals surface area contributed by atoms with Gasteiger partial charge in [-0.25, -0.2) is 14.8 Å². The van der Waals surface area contributed by atoms with Gasteiger partial charge in [0.2, 0.25) is 0 Å². The molecule has 188 valence electrons. The zero-order valence-electron chi connectivity index (χ0n) is 21.4. The van der Waals surface area contributed by atoms with Crippen molar-refractivity contribution in [1.29, 1.82) is 0 Å². The first-order valence-electron chi connectivity index (χ1n) is 12.2. The standard InChI is InChI=1S/C29H30N6O2/c1-29(2,3)37-28(36)33-24(17-21-9-7-8-16-30-21)27-31-18-26(34(27)4)20-12-14-22(15-13-20)35-19-32-23-10-5-6-11-25(23)35/h5-16,18-19,24H,17H2,1-4H3,(H,33,36). The van der Waals surface area contributed by atoms with Crippen molar-refractivity contribution >= 4 is 17.1 Å². The Balaban J connectivity index is 1.43. The molecule has 5 aromatic rings. The summed E-state index contributed by atoms with van der Waals surface area (Å²) in [5, 5.41) is 2.99. The van der Waals surface area contributed by atoms with Gasteiger partial charge in [0.05, 0.1) is 29.0 Å². The van der Waals surface area contributed by atoms with Crippen LogP contribution in [0.4, 0.5) is 4.79 Å². The van der Waals surface area contributed by atoms with E-state index in [2.05, 4.69) is 50.2 Å². The first-order valence-corrected chi connectivity index (χ1v) is 12.2. The number of rotatable bonds is 6. The van der Waals surface area contributed by atoms with Gasteiger partial charge in [0.1, 0.15) is 17.8 Å². The molecule has 1 unspecified atom stereocenters. The molecule has 1 atom stereocenters. The molecule has 0 aliphatic rings. The van der Waals surface area contributed by atoms with Crippen molar-refractivity contribution in [3.8, 4) is 16.9 Å². The van der Waals surface area contributed by atoms with Crippen LogP contribution in [-0.4, -0.2) is 35.8 Å². The van der Waals surface area contributed by atoms with Crippen molar-refractivity contribution in [2.45, 2.75) is 38.8 Å². The second kappa shape index (κ2) is 9.89. The maximum absolute atomic E-state index is 12.7. The Morgan fingerprint density at radius 2 is 1.73 bits per heavy atom. The maximum Gasteiger partial charge on any atom is 0.408 e. The topological polar surface area (TPSA) is 86.9 Å². The molecule has 1 amide bonds. The Morgan fingerprint density at radius 3 is 2.46 bits per heavy atom. The fourth-order valence-corrected chi connectivity index (χ4v) is 4.36. The number of carbonyl (C=O) groups is 1. The third kappa shape index (κ3) is 5.38. The highest BCUT2D eigenvalue weighted by Gasteiger charge is 2.25. The lowest BCUT2D eigenvalue weighted by Crippen LogP contribution is -2.36. The average Bonchev–Trinajstić information content (AvgIpc) is 3.47. The molecular formula is C29H30N6O2. The minimum Gasteiger partial charge on any atom is -0.444 e. The van der Waals surface area contributed by atoms with Crippen molar-refractivity contribution in [3.63, 3.8) is 0 Å². The fourth-order valence-electron chi connectivity index (χ4n) is 4.36. The summed E-state index contributed by atoms with van der Waals surface area (Å²) in [7, 11) is 1.96. The number of fused-ring (bicyclic) bond motifs is 1. The van der Waals surface area contributed by atoms with Gasteiger partial charge in [0, 0.05) is 31.0 Å². The number of ether oxygens (including phenoxy) is 1. The second-order valence-corrected chi connectivity index (χ2v) is 9.93. The Morgan fingerprint density at radius 1 is 0.973 bits per heavy atom. The highest BCUT2D eigenvalue weighted by atomic mass is 16.6. The molecule has 0 saturated heterocycles. The monoisotopic (exact) mass is 494 g/mol. The summed E-state index contributed by atoms with van der Waals surface area (Å²) < 4.78 is 9.60. The summed E-state index contributed by atoms with van der Waals surface area (Å²) in [5.74, 6) is 0.719. The summed E-state index contributed by atoms with van der Waals surface area (Å²) >= 11 is 0. The van der Waals surface area contributed by atoms with Crippen molar-refractivity contribution in [2.75, 3.05) is 0 Å². The smallest absolute Gasteiger partial charge is 0.408 e. The number of alkyl carbamates (subject to hydrolysis) is 1. The summed E-state index contributed by atoms with van der Waals surface area (Å²) in [4.78, 5) is 26.3. The highest BCUT2D eigenvalue weighted by molar-refractivity contribution is 5.77. The lowest BCUT2D eigenvalue weighted by atomic mass is 10.1. The van der Waals surface area contributed by atoms with E-state index in [-0.39, 0.29) is 0 Å². The number of para-hydroxylation sites is 2. The molecule has 8 heteroatoms. The number of aromatic nitrogens is 5. The van der Waals surface area contributed by atoms with Crippen LogP contribution in [0.3, 0.4) is 0 Å². The van der Waals surface area contributed by atoms with Crippen molar-refractivity contribution in [1.82, 2.24) is 29.4 Å². The molecule has 2 aromatic carbocycles. The molecule has 1 N–H and O–H groups in total. The number of amides is 1. The molecule has 0 spiro atoms. The van der Waals surface area contributed by atoms with Gasteiger partial charge < -0.3 is 14.6 Å². The Hall–Kier alpha value is -4.46. The van der Waals surface area contributed by atoms with Crippen LogP contribution in [0.2, 0.25) is 0 Å². The Labute approximate surface area is 216 Å². The van der Waals surface area contributed by atoms with Crippen LogP contribution < -0.4 is 5.32 Å². The van der Waals surface area contributed by atoms with Gasteiger partial charge in [-0.15, -0.1) is 0 Å². The second-order valence-electron chi connectivity index (χ2n) is 9.93. The molecule has 0 saturated carbocycles. The largest absolute Gasteiger partial charge is 0.444 e. The number of nitrogens with one attached hydrogen (secondary N) is 1. The van der Waals surface area contributed by atoms with Crippen LogP contribution in [0, 0.1) is 0 Å². The number of benzene rings is 2. The molecule has 0 fully saturated rings. The van der Waals surface area contributed by atoms with Gasteiger partial charge in [0.15, 0.2) is 0 Å². The summed E-state index contributed by atoms with van der Waals surface area (Å²) in [6, 6.07) is 21.7. The minimum atomic E-state index is -0.602. The van der Waals surface area contributed by atoms with E-state index >= 15 is 0 Å². The maximum atomic E-state index is 12.7. The van der Waals surface area contributed by atoms with Crippen LogP contribution in [0.25, 0.3) is 28.0 Å². The van der Waals surface area contributed by atoms with Crippen molar-refractivity contribution < 1.29 is 9.53 Å². The molecule has 0 aliphatic carbocycles. The van der Waals surface area contributed by atoms with E-state index < -0.39 is 17.7 Å². The van der Waals surface area contributed by atoms with Gasteiger partial charge in [-0.3, -0.25) is 9.55 Å². The summed E-state index contributed by atoms with van der Waals surface area (Å²) in [5.41, 5.74) is 5.25. The Kier molecular flexibility index (Phi) is 6.48. The van der Waals surface area contributed by atoms with E-state index in [0.29, 0.717) is 6.42 Å². The lowest BCUT2D eigenvalue weighted by Gasteiger charge is -2.23. The van der Waals surface area contributed by atoms with Crippen LogP contribution >= 0.6 is 0 Å². The number of imidazole rings is 2. The van der Waals surface area contributed by atoms with E-state index in [0.717, 1.165) is 39.5 Å². The molecule has 8 nitrogen and oxygen atoms in total. The third-order valence-electron chi connectivity index (χ3n) is 6.06. The van der Waals surface area contributed by atoms with Crippen LogP contribution in [0.5, 0.6) is 0 Å². The first kappa shape index (κ1) is 24.2. The number of hydrogen-bond donors (Lipinski definition) is 1. The minimum absolute atomic E-state index is 0.417. The predicted molar refractivity (Wildman–Crippen MR) is 143 cm³/mol. The zero-order valence-corrected chi connectivity index (χ0v) is 21.4. The number of nitrogens with zero attached hydrogens (tertiary/aromatic N) is 5. The summed E-state index contributed by atoms with van der Waals surface area (Å²) in [6.07, 6.45) is 5.41. The van der Waals surface area contributed by atoms with E-state index in [1.165, 1.54) is 0 Å². The predicted octanol–water partition coefficient (Wildman–Crippen LogP) is 5.63. The van der Waals surface area contributed by atoms with Crippen LogP contribution in [0.1, 0.15) is 38.3 Å². The highest BCUT2D eigenvalue weighted by Crippen LogP contribution is 2.26. The number of hydrogen-bond acceptors (Lipinski definition) is 5. The SMILES string of the molecule is Cn1c(-c2ccc(-n3cnc4ccccc43)cc2)cnc1C(Cc1ccccn1)NC(=O)OC(C)(C)C. The van der Waals surface area contributed by atoms with Crippen molar-refractivity contribution in [2.24, 2.45) is 7.05 Å². The summed E-state index contributed by atoms with van der Waals surface area (Å²) in [6.45, 7) is 5.53. The van der Waals surface area contributed by atoms with Crippen molar-refractivity contribution in [3.05, 3.63) is 97.0 Å². The molecule has 3 heterocycles. The molecule has 0 radical (unpaired) electrons. The molecule has 0 bridgehead atoms. The van der Waals surface area contributed by atoms with Gasteiger partial charge in [-0.2, -0.15) is 0 Å². The quantitative estimate of drug-likeness (QED) is 0.331. The average molecular weight is 495 g/mol. The lowest BCUT2D eigenvalue weighted by molar-refractivity contribution is 0.0500. The zero-order chi connectivity index (χ0) is 26.0. The third-order valence-corrected chi connectivity index (χ3v) is 6.06. The molecular weight excluding hydrogens is 464 g/mol. The molecule has 5 rings (SSSR count).